The Kier molecular flexibility index (Phi) is 4.14. The van der Waals surface area contributed by atoms with Gasteiger partial charge in [0.1, 0.15) is 11.6 Å². The number of rotatable bonds is 5. The van der Waals surface area contributed by atoms with Crippen LogP contribution in [0.4, 0.5) is 5.69 Å². The predicted molar refractivity (Wildman–Crippen MR) is 60.9 cm³/mol. The van der Waals surface area contributed by atoms with Gasteiger partial charge in [-0.25, -0.2) is 0 Å². The van der Waals surface area contributed by atoms with E-state index in [-0.39, 0.29) is 11.4 Å². The quantitative estimate of drug-likeness (QED) is 0.627. The average molecular weight is 238 g/mol. The van der Waals surface area contributed by atoms with Crippen molar-refractivity contribution in [2.75, 3.05) is 0 Å². The normalized spacial score (nSPS) is 12.1. The van der Waals surface area contributed by atoms with E-state index < -0.39 is 16.8 Å². The van der Waals surface area contributed by atoms with Gasteiger partial charge in [0.15, 0.2) is 0 Å². The molecule has 1 aromatic rings. The van der Waals surface area contributed by atoms with Gasteiger partial charge in [0, 0.05) is 12.3 Å². The van der Waals surface area contributed by atoms with E-state index in [1.807, 2.05) is 6.92 Å². The summed E-state index contributed by atoms with van der Waals surface area (Å²) in [6.07, 6.45) is 2.42. The maximum Gasteiger partial charge on any atom is 0.312 e. The van der Waals surface area contributed by atoms with Crippen molar-refractivity contribution < 1.29 is 14.8 Å². The zero-order valence-corrected chi connectivity index (χ0v) is 9.71. The van der Waals surface area contributed by atoms with Crippen molar-refractivity contribution in [2.45, 2.75) is 32.6 Å². The van der Waals surface area contributed by atoms with Crippen LogP contribution in [0.15, 0.2) is 12.3 Å². The van der Waals surface area contributed by atoms with Crippen LogP contribution in [0.5, 0.6) is 0 Å². The van der Waals surface area contributed by atoms with Gasteiger partial charge in [-0.05, 0) is 18.9 Å². The van der Waals surface area contributed by atoms with Gasteiger partial charge in [-0.1, -0.05) is 13.3 Å². The molecule has 1 unspecified atom stereocenters. The molecule has 1 heterocycles. The van der Waals surface area contributed by atoms with E-state index in [9.17, 15) is 14.9 Å². The van der Waals surface area contributed by atoms with Crippen LogP contribution >= 0.6 is 0 Å². The first-order valence-corrected chi connectivity index (χ1v) is 5.31. The number of aromatic nitrogens is 1. The number of aliphatic carboxylic acids is 1. The Balaban J connectivity index is 3.27. The van der Waals surface area contributed by atoms with Gasteiger partial charge in [-0.2, -0.15) is 0 Å². The van der Waals surface area contributed by atoms with Gasteiger partial charge >= 0.3 is 5.97 Å². The van der Waals surface area contributed by atoms with Crippen molar-refractivity contribution in [3.8, 4) is 0 Å². The summed E-state index contributed by atoms with van der Waals surface area (Å²) in [5.41, 5.74) is 0.460. The SMILES string of the molecule is CCCC(C(=O)O)c1ncc(C)cc1[N+](=O)[O-]. The third-order valence-electron chi connectivity index (χ3n) is 2.44. The second-order valence-electron chi connectivity index (χ2n) is 3.85. The lowest BCUT2D eigenvalue weighted by Gasteiger charge is -2.10. The molecule has 0 amide bonds. The van der Waals surface area contributed by atoms with E-state index in [0.29, 0.717) is 18.4 Å². The molecule has 1 rings (SSSR count). The lowest BCUT2D eigenvalue weighted by Crippen LogP contribution is -2.15. The maximum absolute atomic E-state index is 11.1. The highest BCUT2D eigenvalue weighted by atomic mass is 16.6. The molecule has 6 nitrogen and oxygen atoms in total. The molecule has 0 aromatic carbocycles. The van der Waals surface area contributed by atoms with Crippen molar-refractivity contribution in [1.82, 2.24) is 4.98 Å². The number of hydrogen-bond donors (Lipinski definition) is 1. The van der Waals surface area contributed by atoms with Gasteiger partial charge in [0.25, 0.3) is 5.69 Å². The highest BCUT2D eigenvalue weighted by molar-refractivity contribution is 5.77. The van der Waals surface area contributed by atoms with E-state index in [0.717, 1.165) is 0 Å². The lowest BCUT2D eigenvalue weighted by atomic mass is 9.97. The minimum absolute atomic E-state index is 0.0370. The number of carbonyl (C=O) groups is 1. The maximum atomic E-state index is 11.1. The van der Waals surface area contributed by atoms with E-state index >= 15 is 0 Å². The molecule has 0 radical (unpaired) electrons. The topological polar surface area (TPSA) is 93.3 Å². The monoisotopic (exact) mass is 238 g/mol. The third-order valence-corrected chi connectivity index (χ3v) is 2.44. The molecule has 0 aliphatic rings. The van der Waals surface area contributed by atoms with Crippen LogP contribution < -0.4 is 0 Å². The molecule has 17 heavy (non-hydrogen) atoms. The third kappa shape index (κ3) is 2.99. The molecule has 1 aromatic heterocycles. The summed E-state index contributed by atoms with van der Waals surface area (Å²) in [6, 6.07) is 1.36. The predicted octanol–water partition coefficient (Wildman–Crippen LogP) is 2.27. The number of nitro groups is 1. The number of carboxylic acid groups (broad SMARTS) is 1. The van der Waals surface area contributed by atoms with Gasteiger partial charge < -0.3 is 5.11 Å². The molecule has 1 atom stereocenters. The Labute approximate surface area is 98.4 Å². The van der Waals surface area contributed by atoms with Crippen LogP contribution in [0.25, 0.3) is 0 Å². The Bertz CT molecular complexity index is 445. The number of pyridine rings is 1. The Morgan fingerprint density at radius 2 is 2.29 bits per heavy atom. The van der Waals surface area contributed by atoms with E-state index in [1.165, 1.54) is 12.3 Å². The first-order valence-electron chi connectivity index (χ1n) is 5.31. The first kappa shape index (κ1) is 13.1. The molecule has 0 aliphatic heterocycles. The number of carboxylic acids is 1. The minimum atomic E-state index is -1.08. The van der Waals surface area contributed by atoms with Crippen molar-refractivity contribution >= 4 is 11.7 Å². The lowest BCUT2D eigenvalue weighted by molar-refractivity contribution is -0.386. The molecular weight excluding hydrogens is 224 g/mol. The molecule has 0 saturated heterocycles. The van der Waals surface area contributed by atoms with Gasteiger partial charge in [-0.3, -0.25) is 19.9 Å². The molecule has 92 valence electrons. The summed E-state index contributed by atoms with van der Waals surface area (Å²) in [6.45, 7) is 3.51. The second-order valence-corrected chi connectivity index (χ2v) is 3.85. The van der Waals surface area contributed by atoms with Crippen molar-refractivity contribution in [3.63, 3.8) is 0 Å². The van der Waals surface area contributed by atoms with Gasteiger partial charge in [-0.15, -0.1) is 0 Å². The molecule has 0 spiro atoms. The van der Waals surface area contributed by atoms with Crippen LogP contribution in [0.1, 0.15) is 36.9 Å². The number of nitrogens with zero attached hydrogens (tertiary/aromatic N) is 2. The second kappa shape index (κ2) is 5.38. The summed E-state index contributed by atoms with van der Waals surface area (Å²) >= 11 is 0. The van der Waals surface area contributed by atoms with Crippen LogP contribution in [0.2, 0.25) is 0 Å². The zero-order chi connectivity index (χ0) is 13.0. The van der Waals surface area contributed by atoms with Gasteiger partial charge in [0.05, 0.1) is 4.92 Å². The number of hydrogen-bond acceptors (Lipinski definition) is 4. The highest BCUT2D eigenvalue weighted by Crippen LogP contribution is 2.28. The van der Waals surface area contributed by atoms with Gasteiger partial charge in [0.2, 0.25) is 0 Å². The molecule has 1 N–H and O–H groups in total. The zero-order valence-electron chi connectivity index (χ0n) is 9.71. The fourth-order valence-corrected chi connectivity index (χ4v) is 1.64. The Morgan fingerprint density at radius 3 is 2.76 bits per heavy atom. The summed E-state index contributed by atoms with van der Waals surface area (Å²) < 4.78 is 0. The average Bonchev–Trinajstić information content (AvgIpc) is 2.26. The van der Waals surface area contributed by atoms with Crippen LogP contribution in [-0.4, -0.2) is 21.0 Å². The van der Waals surface area contributed by atoms with Crippen LogP contribution in [0, 0.1) is 17.0 Å². The van der Waals surface area contributed by atoms with Crippen LogP contribution in [0.3, 0.4) is 0 Å². The Morgan fingerprint density at radius 1 is 1.65 bits per heavy atom. The van der Waals surface area contributed by atoms with E-state index in [1.54, 1.807) is 6.92 Å². The molecule has 6 heteroatoms. The van der Waals surface area contributed by atoms with Crippen molar-refractivity contribution in [1.29, 1.82) is 0 Å². The fraction of sp³-hybridized carbons (Fsp3) is 0.455. The summed E-state index contributed by atoms with van der Waals surface area (Å²) in [5.74, 6) is -1.99. The van der Waals surface area contributed by atoms with E-state index in [2.05, 4.69) is 4.98 Å². The summed E-state index contributed by atoms with van der Waals surface area (Å²) in [7, 11) is 0. The molecule has 0 fully saturated rings. The molecule has 0 bridgehead atoms. The van der Waals surface area contributed by atoms with E-state index in [4.69, 9.17) is 5.11 Å². The summed E-state index contributed by atoms with van der Waals surface area (Å²) in [4.78, 5) is 25.3. The standard InChI is InChI=1S/C11H14N2O4/c1-3-4-8(11(14)15)10-9(13(16)17)5-7(2)6-12-10/h5-6,8H,3-4H2,1-2H3,(H,14,15). The summed E-state index contributed by atoms with van der Waals surface area (Å²) in [5, 5.41) is 19.9. The van der Waals surface area contributed by atoms with Crippen LogP contribution in [-0.2, 0) is 4.79 Å². The number of aryl methyl sites for hydroxylation is 1. The van der Waals surface area contributed by atoms with Crippen molar-refractivity contribution in [2.24, 2.45) is 0 Å². The molecule has 0 aliphatic carbocycles. The largest absolute Gasteiger partial charge is 0.481 e. The van der Waals surface area contributed by atoms with Crippen molar-refractivity contribution in [3.05, 3.63) is 33.6 Å². The molecule has 0 saturated carbocycles. The highest BCUT2D eigenvalue weighted by Gasteiger charge is 2.28. The minimum Gasteiger partial charge on any atom is -0.481 e. The Hall–Kier alpha value is -1.98. The first-order chi connectivity index (χ1) is 7.97. The fourth-order valence-electron chi connectivity index (χ4n) is 1.64. The smallest absolute Gasteiger partial charge is 0.312 e. The molecular formula is C11H14N2O4.